The molecule has 0 spiro atoms. The maximum atomic E-state index is 13.6. The van der Waals surface area contributed by atoms with Crippen LogP contribution in [0.3, 0.4) is 0 Å². The smallest absolute Gasteiger partial charge is 0.405 e. The average molecular weight is 1490 g/mol. The van der Waals surface area contributed by atoms with E-state index in [9.17, 15) is 63.9 Å². The Bertz CT molecular complexity index is 3250. The molecule has 4 amide bonds. The van der Waals surface area contributed by atoms with Gasteiger partial charge in [0, 0.05) is 103 Å². The van der Waals surface area contributed by atoms with Gasteiger partial charge in [0.15, 0.2) is 17.2 Å². The van der Waals surface area contributed by atoms with E-state index in [1.807, 2.05) is 60.6 Å². The molecule has 1 aromatic carbocycles. The molecule has 102 heavy (non-hydrogen) atoms. The van der Waals surface area contributed by atoms with Crippen LogP contribution in [-0.2, 0) is 54.1 Å². The van der Waals surface area contributed by atoms with Crippen molar-refractivity contribution < 1.29 is 106 Å². The number of carboxylic acid groups (broad SMARTS) is 1. The van der Waals surface area contributed by atoms with E-state index in [-0.39, 0.29) is 112 Å². The molecule has 1 aromatic rings. The van der Waals surface area contributed by atoms with Gasteiger partial charge in [-0.1, -0.05) is 103 Å². The molecule has 4 bridgehead atoms. The average Bonchev–Trinajstić information content (AvgIpc) is 1.18. The van der Waals surface area contributed by atoms with Gasteiger partial charge in [-0.25, -0.2) is 9.59 Å². The molecule has 12 atom stereocenters. The molecule has 570 valence electrons. The summed E-state index contributed by atoms with van der Waals surface area (Å²) in [5, 5.41) is 67.0. The number of aliphatic hydroxyl groups is 2. The van der Waals surface area contributed by atoms with Crippen molar-refractivity contribution in [2.24, 2.45) is 58.8 Å². The number of rotatable bonds is 12. The number of piperidine rings is 2. The van der Waals surface area contributed by atoms with Crippen molar-refractivity contribution in [1.82, 2.24) is 10.6 Å². The summed E-state index contributed by atoms with van der Waals surface area (Å²) in [5.74, 6) is -4.45. The van der Waals surface area contributed by atoms with Crippen LogP contribution in [0, 0.1) is 47.3 Å². The Morgan fingerprint density at radius 1 is 0.725 bits per heavy atom. The first-order valence-corrected chi connectivity index (χ1v) is 34.7. The second kappa shape index (κ2) is 47.2. The van der Waals surface area contributed by atoms with E-state index >= 15 is 0 Å². The molecular weight excluding hydrogens is 1380 g/mol. The van der Waals surface area contributed by atoms with Crippen molar-refractivity contribution >= 4 is 82.2 Å². The third kappa shape index (κ3) is 30.2. The number of aliphatic carboxylic acids is 1. The molecule has 27 heteroatoms. The van der Waals surface area contributed by atoms with E-state index in [2.05, 4.69) is 34.4 Å². The number of quaternary nitrogens is 2. The minimum absolute atomic E-state index is 0. The highest BCUT2D eigenvalue weighted by atomic mass is 35.5. The highest BCUT2D eigenvalue weighted by Gasteiger charge is 2.35. The second-order valence-electron chi connectivity index (χ2n) is 26.7. The fourth-order valence-corrected chi connectivity index (χ4v) is 12.8. The van der Waals surface area contributed by atoms with Gasteiger partial charge in [-0.3, -0.25) is 24.0 Å². The number of methoxy groups -OCH3 is 2. The predicted octanol–water partition coefficient (Wildman–Crippen LogP) is 3.84. The molecule has 1 aliphatic carbocycles. The first kappa shape index (κ1) is 92.8. The minimum atomic E-state index is -0.926. The summed E-state index contributed by atoms with van der Waals surface area (Å²) in [5.41, 5.74) is 14.5. The van der Waals surface area contributed by atoms with Crippen molar-refractivity contribution in [3.05, 3.63) is 131 Å². The minimum Gasteiger partial charge on any atom is -1.00 e. The number of benzene rings is 1. The van der Waals surface area contributed by atoms with Gasteiger partial charge in [0.25, 0.3) is 11.8 Å². The van der Waals surface area contributed by atoms with Crippen LogP contribution in [0.5, 0.6) is 11.5 Å². The number of carbonyl (C=O) groups excluding carboxylic acids is 8. The maximum Gasteiger partial charge on any atom is 0.405 e. The standard InChI is InChI=1S/C32H44N2O7.C31H45N3O7.C6H10ClNO.C6H11NO2.2ClH/c1-8-9-13-23-24-14-18(2)15-27(40-7)28(36)21(5)16-22(6)30(41-32(33)39)19(3)11-10-12-20(4)31(38)34-25(29(24)37)17-26(23)35;1-8-12-33-26-22-13-17(2)14-25(40-7)27(36)20(5)15-21(6)29(41-31(32)39)18(3)10-9-11-19(4)30(38)34-23(28(22)37)16-24(26)35;7-6(9)5-1-3-8-4-2-5;8-6(9)5-1-3-7-4-2-5;;/h8,10-12,16-19,21,27-28,30,36H,1,9,13-15H2,2-7H3,(H2,33,39)(H,34,38);8-11,15-18,20,25,27,29,33,35-37H,1,12-14H2,2-7H3,(H2,32,39)(H,34,38);5,8H,1-4H2;5,7H,1-4H2,(H,8,9);2*1H/b11-10-,20-12+,22-16+;10-9-,19-11+,21-15+;;;;/t18-,19+,21+,27+,28-,30-;17-,18+,20+,25+,27-,29-;;;;/m11..../s1. The summed E-state index contributed by atoms with van der Waals surface area (Å²) < 4.78 is 22.2. The zero-order valence-corrected chi connectivity index (χ0v) is 63.4. The van der Waals surface area contributed by atoms with E-state index in [1.165, 1.54) is 26.4 Å². The Balaban J connectivity index is 0.000000801. The molecule has 4 aliphatic heterocycles. The van der Waals surface area contributed by atoms with E-state index in [1.54, 1.807) is 74.7 Å². The fraction of sp³-hybridized carbons (Fsp3) is 0.547. The van der Waals surface area contributed by atoms with Crippen LogP contribution in [0.2, 0.25) is 0 Å². The number of anilines is 1. The topological polar surface area (TPSA) is 399 Å². The third-order valence-electron chi connectivity index (χ3n) is 18.3. The Hall–Kier alpha value is -7.23. The number of nitrogens with one attached hydrogen (secondary N) is 3. The van der Waals surface area contributed by atoms with Crippen LogP contribution in [0.1, 0.15) is 133 Å². The number of halogens is 3. The zero-order chi connectivity index (χ0) is 75.1. The van der Waals surface area contributed by atoms with Crippen molar-refractivity contribution in [2.75, 3.05) is 52.3 Å². The number of aromatic hydroxyl groups is 2. The van der Waals surface area contributed by atoms with Gasteiger partial charge in [0.1, 0.15) is 18.0 Å². The number of hydrogen-bond acceptors (Lipinski definition) is 18. The molecule has 5 aliphatic rings. The Morgan fingerprint density at radius 3 is 1.63 bits per heavy atom. The van der Waals surface area contributed by atoms with E-state index in [0.717, 1.165) is 51.9 Å². The largest absolute Gasteiger partial charge is 1.00 e. The summed E-state index contributed by atoms with van der Waals surface area (Å²) in [4.78, 5) is 96.7. The number of ether oxygens (including phenoxy) is 4. The number of allylic oxidation sites excluding steroid dienone is 8. The number of fused-ring (bicyclic) bond motifs is 4. The molecule has 24 nitrogen and oxygen atoms in total. The lowest BCUT2D eigenvalue weighted by Gasteiger charge is -2.29. The highest BCUT2D eigenvalue weighted by Crippen LogP contribution is 2.41. The van der Waals surface area contributed by atoms with Gasteiger partial charge in [0.05, 0.1) is 61.0 Å². The number of aliphatic hydroxyl groups excluding tert-OH is 2. The molecule has 0 radical (unpaired) electrons. The van der Waals surface area contributed by atoms with E-state index in [4.69, 9.17) is 42.0 Å². The molecule has 0 aromatic heterocycles. The van der Waals surface area contributed by atoms with Crippen molar-refractivity contribution in [3.8, 4) is 11.5 Å². The summed E-state index contributed by atoms with van der Waals surface area (Å²) >= 11 is 5.29. The van der Waals surface area contributed by atoms with E-state index < -0.39 is 72.4 Å². The summed E-state index contributed by atoms with van der Waals surface area (Å²) in [6, 6.07) is 1.33. The zero-order valence-electron chi connectivity index (χ0n) is 61.1. The van der Waals surface area contributed by atoms with Crippen LogP contribution in [0.15, 0.2) is 125 Å². The molecule has 2 fully saturated rings. The maximum absolute atomic E-state index is 13.6. The van der Waals surface area contributed by atoms with Gasteiger partial charge >= 0.3 is 12.2 Å². The Kier molecular flexibility index (Phi) is 42.9. The predicted molar refractivity (Wildman–Crippen MR) is 389 cm³/mol. The first-order valence-electron chi connectivity index (χ1n) is 34.3. The number of amides is 4. The molecule has 0 saturated carbocycles. The number of hydrogen-bond donors (Lipinski definition) is 11. The van der Waals surface area contributed by atoms with Crippen LogP contribution < -0.4 is 55.6 Å². The highest BCUT2D eigenvalue weighted by molar-refractivity contribution is 6.64. The lowest BCUT2D eigenvalue weighted by molar-refractivity contribution is -0.664. The van der Waals surface area contributed by atoms with Crippen LogP contribution in [0.4, 0.5) is 21.0 Å². The SMILES string of the molecule is C=CCCC1=C2C[C@@H](C)C[C@H](OC)[C@H](O)[C@@H](C)/C=C(\C)[C@H](OC(N)=O)[C@@H](C)/C=C\C=C(/C)C(=O)NC(=CC1=O)C2=O.C=CC[NH2+]c1c(O)cc2c(O)c1C[C@@H](C)C[C@H](OC)[C@H](O)[C@@H](C)/C=C(\C)[C@H](OC(N)=O)[C@@H](C)/C=C\C=C(/C)C(=O)N2.Cl.O=C(Cl)C1CCNCC1.O=C([O-])C1CC[NH2+]CC1.[Cl-]. The summed E-state index contributed by atoms with van der Waals surface area (Å²) in [7, 11) is 3.05. The van der Waals surface area contributed by atoms with Gasteiger partial charge in [-0.15, -0.1) is 19.0 Å². The Labute approximate surface area is 618 Å². The van der Waals surface area contributed by atoms with Crippen LogP contribution >= 0.6 is 24.0 Å². The molecular formula is C75H112Cl3N7O17. The number of carbonyl (C=O) groups is 8. The number of phenolic OH excluding ortho intramolecular Hbond substituents is 2. The second-order valence-corrected chi connectivity index (χ2v) is 27.1. The number of phenols is 2. The number of primary amides is 2. The normalized spacial score (nSPS) is 28.8. The summed E-state index contributed by atoms with van der Waals surface area (Å²) in [6.07, 6.45) is 17.8. The van der Waals surface area contributed by atoms with Crippen molar-refractivity contribution in [2.45, 2.75) is 170 Å². The van der Waals surface area contributed by atoms with Crippen LogP contribution in [0.25, 0.3) is 0 Å². The third-order valence-corrected chi connectivity index (χ3v) is 18.7. The van der Waals surface area contributed by atoms with Gasteiger partial charge in [-0.05, 0) is 133 Å². The lowest BCUT2D eigenvalue weighted by Crippen LogP contribution is -3.00. The van der Waals surface area contributed by atoms with Gasteiger partial charge in [0.2, 0.25) is 11.0 Å². The fourth-order valence-electron chi connectivity index (χ4n) is 12.6. The van der Waals surface area contributed by atoms with Gasteiger partial charge in [-0.2, -0.15) is 0 Å². The van der Waals surface area contributed by atoms with Crippen molar-refractivity contribution in [1.29, 1.82) is 0 Å². The van der Waals surface area contributed by atoms with Gasteiger partial charge < -0.3 is 99.7 Å². The van der Waals surface area contributed by atoms with E-state index in [0.29, 0.717) is 83.3 Å². The van der Waals surface area contributed by atoms with Crippen molar-refractivity contribution in [3.63, 3.8) is 0 Å². The lowest BCUT2D eigenvalue weighted by atomic mass is 9.82. The quantitative estimate of drug-likeness (QED) is 0.0354. The number of ketones is 2. The molecule has 15 N–H and O–H groups in total. The van der Waals surface area contributed by atoms with Crippen LogP contribution in [-0.4, -0.2) is 151 Å². The molecule has 6 rings (SSSR count). The monoisotopic (exact) mass is 1490 g/mol. The first-order chi connectivity index (χ1) is 47.2. The molecule has 4 heterocycles. The molecule has 2 saturated heterocycles. The summed E-state index contributed by atoms with van der Waals surface area (Å²) in [6.45, 7) is 29.8. The number of Topliss-reactive ketones (excluding diaryl/α,β-unsaturated/α-hetero) is 1. The number of nitrogens with two attached hydrogens (primary N) is 4. The molecule has 0 unspecified atom stereocenters. The Morgan fingerprint density at radius 2 is 1.21 bits per heavy atom. The number of carboxylic acids is 1.